The van der Waals surface area contributed by atoms with Crippen molar-refractivity contribution in [1.82, 2.24) is 5.32 Å². The predicted octanol–water partition coefficient (Wildman–Crippen LogP) is 2.79. The van der Waals surface area contributed by atoms with Crippen LogP contribution in [-0.4, -0.2) is 22.1 Å². The molecule has 0 fully saturated rings. The van der Waals surface area contributed by atoms with E-state index in [-0.39, 0.29) is 16.8 Å². The zero-order chi connectivity index (χ0) is 16.3. The Kier molecular flexibility index (Phi) is 4.57. The summed E-state index contributed by atoms with van der Waals surface area (Å²) in [5, 5.41) is 14.4. The van der Waals surface area contributed by atoms with E-state index in [9.17, 15) is 9.59 Å². The molecule has 2 aromatic rings. The van der Waals surface area contributed by atoms with Crippen molar-refractivity contribution in [2.75, 3.05) is 5.32 Å². The molecule has 0 saturated heterocycles. The number of carbonyl (C=O) groups is 2. The number of aryl methyl sites for hydroxylation is 1. The molecular weight excluding hydrogens is 304 g/mol. The van der Waals surface area contributed by atoms with Gasteiger partial charge in [0.25, 0.3) is 0 Å². The molecule has 7 heteroatoms. The molecule has 0 bridgehead atoms. The highest BCUT2D eigenvalue weighted by molar-refractivity contribution is 7.80. The topological polar surface area (TPSA) is 91.6 Å². The first-order chi connectivity index (χ1) is 10.4. The smallest absolute Gasteiger partial charge is 0.371 e. The van der Waals surface area contributed by atoms with Crippen molar-refractivity contribution in [3.63, 3.8) is 0 Å². The molecule has 0 saturated carbocycles. The molecule has 0 radical (unpaired) electrons. The molecule has 22 heavy (non-hydrogen) atoms. The number of hydrogen-bond donors (Lipinski definition) is 3. The van der Waals surface area contributed by atoms with Gasteiger partial charge in [-0.05, 0) is 49.0 Å². The van der Waals surface area contributed by atoms with Crippen LogP contribution >= 0.6 is 12.2 Å². The normalized spacial score (nSPS) is 10.1. The number of hydrogen-bond acceptors (Lipinski definition) is 4. The van der Waals surface area contributed by atoms with E-state index in [1.54, 1.807) is 18.2 Å². The van der Waals surface area contributed by atoms with Crippen LogP contribution < -0.4 is 10.6 Å². The van der Waals surface area contributed by atoms with Gasteiger partial charge in [0.1, 0.15) is 5.76 Å². The summed E-state index contributed by atoms with van der Waals surface area (Å²) in [5.74, 6) is -1.06. The predicted molar refractivity (Wildman–Crippen MR) is 85.9 cm³/mol. The van der Waals surface area contributed by atoms with E-state index in [4.69, 9.17) is 21.7 Å². The van der Waals surface area contributed by atoms with E-state index in [1.165, 1.54) is 13.0 Å². The maximum Gasteiger partial charge on any atom is 0.371 e. The van der Waals surface area contributed by atoms with Gasteiger partial charge in [-0.3, -0.25) is 4.79 Å². The number of rotatable bonds is 3. The molecule has 1 amide bonds. The fourth-order valence-corrected chi connectivity index (χ4v) is 2.15. The molecule has 6 nitrogen and oxygen atoms in total. The summed E-state index contributed by atoms with van der Waals surface area (Å²) in [6.45, 7) is 3.25. The van der Waals surface area contributed by atoms with Crippen LogP contribution in [0.2, 0.25) is 0 Å². The zero-order valence-corrected chi connectivity index (χ0v) is 12.8. The number of furan rings is 1. The van der Waals surface area contributed by atoms with Crippen LogP contribution in [0, 0.1) is 6.92 Å². The number of amides is 1. The Morgan fingerprint density at radius 1 is 1.23 bits per heavy atom. The first kappa shape index (κ1) is 15.7. The second kappa shape index (κ2) is 6.40. The first-order valence-corrected chi connectivity index (χ1v) is 6.80. The summed E-state index contributed by atoms with van der Waals surface area (Å²) in [6, 6.07) is 8.42. The minimum Gasteiger partial charge on any atom is -0.475 e. The van der Waals surface area contributed by atoms with E-state index in [0.29, 0.717) is 11.4 Å². The molecule has 1 heterocycles. The van der Waals surface area contributed by atoms with E-state index in [1.807, 2.05) is 13.0 Å². The minimum absolute atomic E-state index is 0.124. The molecule has 0 aliphatic rings. The van der Waals surface area contributed by atoms with Crippen LogP contribution in [0.25, 0.3) is 11.3 Å². The van der Waals surface area contributed by atoms with Crippen molar-refractivity contribution in [1.29, 1.82) is 0 Å². The van der Waals surface area contributed by atoms with Crippen molar-refractivity contribution < 1.29 is 19.1 Å². The van der Waals surface area contributed by atoms with E-state index in [2.05, 4.69) is 10.6 Å². The number of carboxylic acid groups (broad SMARTS) is 1. The lowest BCUT2D eigenvalue weighted by Gasteiger charge is -2.10. The van der Waals surface area contributed by atoms with E-state index in [0.717, 1.165) is 11.1 Å². The van der Waals surface area contributed by atoms with Crippen LogP contribution in [-0.2, 0) is 4.79 Å². The van der Waals surface area contributed by atoms with Crippen LogP contribution in [0.1, 0.15) is 23.0 Å². The van der Waals surface area contributed by atoms with Gasteiger partial charge in [-0.15, -0.1) is 0 Å². The molecule has 0 atom stereocenters. The van der Waals surface area contributed by atoms with Crippen LogP contribution in [0.4, 0.5) is 5.69 Å². The van der Waals surface area contributed by atoms with Crippen LogP contribution in [0.15, 0.2) is 34.7 Å². The SMILES string of the molecule is CC(=O)NC(=S)Nc1ccc(C)c(-c2ccc(C(=O)O)o2)c1. The van der Waals surface area contributed by atoms with Gasteiger partial charge >= 0.3 is 5.97 Å². The fraction of sp³-hybridized carbons (Fsp3) is 0.133. The van der Waals surface area contributed by atoms with Crippen molar-refractivity contribution >= 4 is 34.9 Å². The number of nitrogens with one attached hydrogen (secondary N) is 2. The highest BCUT2D eigenvalue weighted by atomic mass is 32.1. The summed E-state index contributed by atoms with van der Waals surface area (Å²) < 4.78 is 5.31. The van der Waals surface area contributed by atoms with Gasteiger partial charge < -0.3 is 20.2 Å². The van der Waals surface area contributed by atoms with Gasteiger partial charge in [0.2, 0.25) is 11.7 Å². The Balaban J connectivity index is 2.28. The molecule has 1 aromatic carbocycles. The second-order valence-electron chi connectivity index (χ2n) is 4.63. The summed E-state index contributed by atoms with van der Waals surface area (Å²) in [7, 11) is 0. The lowest BCUT2D eigenvalue weighted by molar-refractivity contribution is -0.117. The Hall–Kier alpha value is -2.67. The summed E-state index contributed by atoms with van der Waals surface area (Å²) in [6.07, 6.45) is 0. The molecule has 0 aliphatic heterocycles. The van der Waals surface area contributed by atoms with Gasteiger partial charge in [0.05, 0.1) is 0 Å². The van der Waals surface area contributed by atoms with Gasteiger partial charge in [0, 0.05) is 18.2 Å². The monoisotopic (exact) mass is 318 g/mol. The molecule has 0 aliphatic carbocycles. The molecule has 114 valence electrons. The van der Waals surface area contributed by atoms with Crippen molar-refractivity contribution in [2.24, 2.45) is 0 Å². The lowest BCUT2D eigenvalue weighted by Crippen LogP contribution is -2.32. The van der Waals surface area contributed by atoms with Crippen molar-refractivity contribution in [2.45, 2.75) is 13.8 Å². The lowest BCUT2D eigenvalue weighted by atomic mass is 10.1. The number of carboxylic acids is 1. The van der Waals surface area contributed by atoms with E-state index >= 15 is 0 Å². The third-order valence-electron chi connectivity index (χ3n) is 2.87. The number of anilines is 1. The standard InChI is InChI=1S/C15H14N2O4S/c1-8-3-4-10(17-15(22)16-9(2)18)7-11(8)12-5-6-13(21-12)14(19)20/h3-7H,1-2H3,(H,19,20)(H2,16,17,18,22). The maximum atomic E-state index is 10.9. The average molecular weight is 318 g/mol. The molecule has 2 rings (SSSR count). The fourth-order valence-electron chi connectivity index (χ4n) is 1.89. The summed E-state index contributed by atoms with van der Waals surface area (Å²) in [4.78, 5) is 21.8. The van der Waals surface area contributed by atoms with Crippen LogP contribution in [0.5, 0.6) is 0 Å². The highest BCUT2D eigenvalue weighted by Gasteiger charge is 2.13. The second-order valence-corrected chi connectivity index (χ2v) is 5.04. The third-order valence-corrected chi connectivity index (χ3v) is 3.07. The largest absolute Gasteiger partial charge is 0.475 e. The third kappa shape index (κ3) is 3.70. The Morgan fingerprint density at radius 2 is 1.95 bits per heavy atom. The molecule has 0 unspecified atom stereocenters. The Labute approximate surface area is 132 Å². The number of aromatic carboxylic acids is 1. The number of carbonyl (C=O) groups excluding carboxylic acids is 1. The Bertz CT molecular complexity index is 752. The summed E-state index contributed by atoms with van der Waals surface area (Å²) >= 11 is 5.00. The number of benzene rings is 1. The van der Waals surface area contributed by atoms with Crippen molar-refractivity contribution in [3.05, 3.63) is 41.7 Å². The molecule has 1 aromatic heterocycles. The van der Waals surface area contributed by atoms with E-state index < -0.39 is 5.97 Å². The van der Waals surface area contributed by atoms with Gasteiger partial charge in [0.15, 0.2) is 5.11 Å². The first-order valence-electron chi connectivity index (χ1n) is 6.39. The molecular formula is C15H14N2O4S. The summed E-state index contributed by atoms with van der Waals surface area (Å²) in [5.41, 5.74) is 2.32. The average Bonchev–Trinajstić information content (AvgIpc) is 2.89. The minimum atomic E-state index is -1.12. The van der Waals surface area contributed by atoms with Gasteiger partial charge in [-0.1, -0.05) is 6.07 Å². The highest BCUT2D eigenvalue weighted by Crippen LogP contribution is 2.28. The maximum absolute atomic E-state index is 10.9. The van der Waals surface area contributed by atoms with Crippen molar-refractivity contribution in [3.8, 4) is 11.3 Å². The Morgan fingerprint density at radius 3 is 2.55 bits per heavy atom. The van der Waals surface area contributed by atoms with Gasteiger partial charge in [-0.25, -0.2) is 4.79 Å². The molecule has 3 N–H and O–H groups in total. The zero-order valence-electron chi connectivity index (χ0n) is 12.0. The number of thiocarbonyl (C=S) groups is 1. The van der Waals surface area contributed by atoms with Gasteiger partial charge in [-0.2, -0.15) is 0 Å². The van der Waals surface area contributed by atoms with Crippen LogP contribution in [0.3, 0.4) is 0 Å². The quantitative estimate of drug-likeness (QED) is 0.754. The molecule has 0 spiro atoms.